The third-order valence-corrected chi connectivity index (χ3v) is 3.32. The standard InChI is InChI=1S/C14H19N3O2.ClH/c15-13(18)12(9-10-5-2-1-3-6-10)17-14(19)11-7-4-8-16-11;/h1-3,5-6,11-12,16H,4,7-9H2,(H2,15,18)(H,17,19);1H. The minimum absolute atomic E-state index is 0. The highest BCUT2D eigenvalue weighted by Crippen LogP contribution is 2.07. The number of hydrogen-bond acceptors (Lipinski definition) is 3. The maximum atomic E-state index is 12.0. The zero-order valence-electron chi connectivity index (χ0n) is 11.2. The van der Waals surface area contributed by atoms with Gasteiger partial charge in [0.15, 0.2) is 0 Å². The first-order chi connectivity index (χ1) is 9.16. The normalized spacial score (nSPS) is 18.9. The Labute approximate surface area is 124 Å². The summed E-state index contributed by atoms with van der Waals surface area (Å²) in [6, 6.07) is 8.67. The third kappa shape index (κ3) is 4.51. The van der Waals surface area contributed by atoms with Crippen LogP contribution in [0.2, 0.25) is 0 Å². The summed E-state index contributed by atoms with van der Waals surface area (Å²) in [5.41, 5.74) is 6.34. The minimum atomic E-state index is -0.655. The van der Waals surface area contributed by atoms with Crippen LogP contribution in [0.3, 0.4) is 0 Å². The Morgan fingerprint density at radius 3 is 2.60 bits per heavy atom. The molecule has 0 saturated carbocycles. The topological polar surface area (TPSA) is 84.2 Å². The van der Waals surface area contributed by atoms with Gasteiger partial charge in [-0.05, 0) is 24.9 Å². The van der Waals surface area contributed by atoms with Crippen LogP contribution in [0.25, 0.3) is 0 Å². The SMILES string of the molecule is Cl.NC(=O)C(Cc1ccccc1)NC(=O)C1CCCN1. The van der Waals surface area contributed by atoms with Crippen LogP contribution >= 0.6 is 12.4 Å². The predicted molar refractivity (Wildman–Crippen MR) is 79.5 cm³/mol. The monoisotopic (exact) mass is 297 g/mol. The van der Waals surface area contributed by atoms with E-state index in [1.165, 1.54) is 0 Å². The molecule has 1 aromatic rings. The van der Waals surface area contributed by atoms with Gasteiger partial charge < -0.3 is 16.4 Å². The van der Waals surface area contributed by atoms with Crippen LogP contribution < -0.4 is 16.4 Å². The molecule has 0 aromatic heterocycles. The number of benzene rings is 1. The van der Waals surface area contributed by atoms with Gasteiger partial charge >= 0.3 is 0 Å². The largest absolute Gasteiger partial charge is 0.368 e. The molecular formula is C14H20ClN3O2. The fraction of sp³-hybridized carbons (Fsp3) is 0.429. The minimum Gasteiger partial charge on any atom is -0.368 e. The van der Waals surface area contributed by atoms with Crippen LogP contribution in [0.4, 0.5) is 0 Å². The van der Waals surface area contributed by atoms with Crippen LogP contribution in [0.1, 0.15) is 18.4 Å². The number of nitrogens with two attached hydrogens (primary N) is 1. The fourth-order valence-electron chi connectivity index (χ4n) is 2.25. The van der Waals surface area contributed by atoms with Crippen molar-refractivity contribution in [3.63, 3.8) is 0 Å². The molecule has 1 fully saturated rings. The van der Waals surface area contributed by atoms with Crippen LogP contribution in [-0.2, 0) is 16.0 Å². The van der Waals surface area contributed by atoms with Crippen LogP contribution in [0.15, 0.2) is 30.3 Å². The van der Waals surface area contributed by atoms with Gasteiger partial charge in [0, 0.05) is 6.42 Å². The average molecular weight is 298 g/mol. The van der Waals surface area contributed by atoms with E-state index in [0.29, 0.717) is 6.42 Å². The van der Waals surface area contributed by atoms with Gasteiger partial charge in [0.1, 0.15) is 6.04 Å². The van der Waals surface area contributed by atoms with E-state index in [2.05, 4.69) is 10.6 Å². The van der Waals surface area contributed by atoms with Crippen LogP contribution in [-0.4, -0.2) is 30.4 Å². The van der Waals surface area contributed by atoms with E-state index in [-0.39, 0.29) is 24.4 Å². The molecule has 0 radical (unpaired) electrons. The first-order valence-corrected chi connectivity index (χ1v) is 6.54. The van der Waals surface area contributed by atoms with E-state index in [9.17, 15) is 9.59 Å². The van der Waals surface area contributed by atoms with Gasteiger partial charge in [-0.15, -0.1) is 12.4 Å². The Hall–Kier alpha value is -1.59. The quantitative estimate of drug-likeness (QED) is 0.734. The second-order valence-electron chi connectivity index (χ2n) is 4.80. The molecule has 0 bridgehead atoms. The summed E-state index contributed by atoms with van der Waals surface area (Å²) >= 11 is 0. The Kier molecular flexibility index (Phi) is 6.48. The van der Waals surface area contributed by atoms with Gasteiger partial charge in [-0.25, -0.2) is 0 Å². The Morgan fingerprint density at radius 1 is 1.35 bits per heavy atom. The molecule has 2 amide bonds. The van der Waals surface area contributed by atoms with E-state index >= 15 is 0 Å². The lowest BCUT2D eigenvalue weighted by Crippen LogP contribution is -2.51. The van der Waals surface area contributed by atoms with Crippen molar-refractivity contribution < 1.29 is 9.59 Å². The smallest absolute Gasteiger partial charge is 0.240 e. The molecule has 0 aliphatic carbocycles. The van der Waals surface area contributed by atoms with Crippen LogP contribution in [0, 0.1) is 0 Å². The number of nitrogens with one attached hydrogen (secondary N) is 2. The summed E-state index contributed by atoms with van der Waals surface area (Å²) in [7, 11) is 0. The van der Waals surface area contributed by atoms with Crippen molar-refractivity contribution in [2.24, 2.45) is 5.73 Å². The number of amides is 2. The van der Waals surface area contributed by atoms with Gasteiger partial charge in [0.25, 0.3) is 0 Å². The number of halogens is 1. The Balaban J connectivity index is 0.00000200. The summed E-state index contributed by atoms with van der Waals surface area (Å²) in [5, 5.41) is 5.83. The number of carbonyl (C=O) groups is 2. The first-order valence-electron chi connectivity index (χ1n) is 6.54. The van der Waals surface area contributed by atoms with Crippen molar-refractivity contribution >= 4 is 24.2 Å². The summed E-state index contributed by atoms with van der Waals surface area (Å²) in [6.07, 6.45) is 2.22. The number of rotatable bonds is 5. The van der Waals surface area contributed by atoms with Gasteiger partial charge in [-0.2, -0.15) is 0 Å². The van der Waals surface area contributed by atoms with Crippen molar-refractivity contribution in [3.05, 3.63) is 35.9 Å². The van der Waals surface area contributed by atoms with Crippen molar-refractivity contribution in [2.75, 3.05) is 6.54 Å². The highest BCUT2D eigenvalue weighted by atomic mass is 35.5. The molecule has 1 aliphatic heterocycles. The lowest BCUT2D eigenvalue weighted by molar-refractivity contribution is -0.128. The van der Waals surface area contributed by atoms with Crippen molar-refractivity contribution in [1.82, 2.24) is 10.6 Å². The molecule has 20 heavy (non-hydrogen) atoms. The lowest BCUT2D eigenvalue weighted by Gasteiger charge is -2.18. The summed E-state index contributed by atoms with van der Waals surface area (Å²) in [5.74, 6) is -0.646. The summed E-state index contributed by atoms with van der Waals surface area (Å²) in [4.78, 5) is 23.4. The molecule has 2 rings (SSSR count). The lowest BCUT2D eigenvalue weighted by atomic mass is 10.0. The molecule has 0 spiro atoms. The average Bonchev–Trinajstić information content (AvgIpc) is 2.93. The number of carbonyl (C=O) groups excluding carboxylic acids is 2. The molecule has 1 aromatic carbocycles. The van der Waals surface area contributed by atoms with Gasteiger partial charge in [0.05, 0.1) is 6.04 Å². The maximum absolute atomic E-state index is 12.0. The van der Waals surface area contributed by atoms with Gasteiger partial charge in [-0.1, -0.05) is 30.3 Å². The zero-order valence-corrected chi connectivity index (χ0v) is 12.0. The van der Waals surface area contributed by atoms with E-state index in [1.54, 1.807) is 0 Å². The van der Waals surface area contributed by atoms with E-state index in [0.717, 1.165) is 24.9 Å². The zero-order chi connectivity index (χ0) is 13.7. The van der Waals surface area contributed by atoms with E-state index < -0.39 is 11.9 Å². The van der Waals surface area contributed by atoms with Crippen molar-refractivity contribution in [2.45, 2.75) is 31.3 Å². The van der Waals surface area contributed by atoms with E-state index in [1.807, 2.05) is 30.3 Å². The number of primary amides is 1. The maximum Gasteiger partial charge on any atom is 0.240 e. The molecule has 1 saturated heterocycles. The molecule has 2 atom stereocenters. The molecule has 5 nitrogen and oxygen atoms in total. The third-order valence-electron chi connectivity index (χ3n) is 3.32. The molecule has 4 N–H and O–H groups in total. The van der Waals surface area contributed by atoms with Crippen molar-refractivity contribution in [3.8, 4) is 0 Å². The second kappa shape index (κ2) is 7.87. The molecule has 6 heteroatoms. The van der Waals surface area contributed by atoms with Crippen molar-refractivity contribution in [1.29, 1.82) is 0 Å². The first kappa shape index (κ1) is 16.5. The molecule has 110 valence electrons. The Morgan fingerprint density at radius 2 is 2.05 bits per heavy atom. The molecule has 2 unspecified atom stereocenters. The number of hydrogen-bond donors (Lipinski definition) is 3. The fourth-order valence-corrected chi connectivity index (χ4v) is 2.25. The second-order valence-corrected chi connectivity index (χ2v) is 4.80. The molecule has 1 heterocycles. The van der Waals surface area contributed by atoms with E-state index in [4.69, 9.17) is 5.73 Å². The molecule has 1 aliphatic rings. The van der Waals surface area contributed by atoms with Gasteiger partial charge in [-0.3, -0.25) is 9.59 Å². The Bertz CT molecular complexity index is 447. The van der Waals surface area contributed by atoms with Crippen LogP contribution in [0.5, 0.6) is 0 Å². The highest BCUT2D eigenvalue weighted by Gasteiger charge is 2.26. The molecular weight excluding hydrogens is 278 g/mol. The van der Waals surface area contributed by atoms with Gasteiger partial charge in [0.2, 0.25) is 11.8 Å². The highest BCUT2D eigenvalue weighted by molar-refractivity contribution is 5.89. The summed E-state index contributed by atoms with van der Waals surface area (Å²) in [6.45, 7) is 0.845. The predicted octanol–water partition coefficient (Wildman–Crippen LogP) is 0.373. The summed E-state index contributed by atoms with van der Waals surface area (Å²) < 4.78 is 0.